The Morgan fingerprint density at radius 1 is 0.800 bits per heavy atom. The topological polar surface area (TPSA) is 0 Å². The first-order valence-corrected chi connectivity index (χ1v) is 6.71. The van der Waals surface area contributed by atoms with Crippen LogP contribution >= 0.6 is 0 Å². The number of benzene rings is 1. The zero-order valence-corrected chi connectivity index (χ0v) is 14.6. The second-order valence-corrected chi connectivity index (χ2v) is 5.22. The van der Waals surface area contributed by atoms with Crippen LogP contribution in [0.2, 0.25) is 0 Å². The van der Waals surface area contributed by atoms with Gasteiger partial charge in [0.25, 0.3) is 0 Å². The molecule has 0 aromatic heterocycles. The van der Waals surface area contributed by atoms with Crippen molar-refractivity contribution >= 4 is 15.0 Å². The van der Waals surface area contributed by atoms with Crippen molar-refractivity contribution in [3.05, 3.63) is 65.8 Å². The summed E-state index contributed by atoms with van der Waals surface area (Å²) in [5.41, 5.74) is 5.74. The molecule has 1 aromatic rings. The second kappa shape index (κ2) is 8.92. The van der Waals surface area contributed by atoms with Gasteiger partial charge < -0.3 is 37.2 Å². The van der Waals surface area contributed by atoms with Crippen LogP contribution in [-0.4, -0.2) is 0 Å². The van der Waals surface area contributed by atoms with E-state index < -0.39 is 0 Å². The quantitative estimate of drug-likeness (QED) is 0.463. The Labute approximate surface area is 150 Å². The first kappa shape index (κ1) is 19.8. The van der Waals surface area contributed by atoms with Gasteiger partial charge in [-0.25, -0.2) is 0 Å². The predicted molar refractivity (Wildman–Crippen MR) is 69.5 cm³/mol. The fourth-order valence-electron chi connectivity index (χ4n) is 2.45. The molecule has 0 unspecified atom stereocenters. The minimum absolute atomic E-state index is 0. The molecule has 0 bridgehead atoms. The Kier molecular flexibility index (Phi) is 8.82. The van der Waals surface area contributed by atoms with E-state index in [0.717, 1.165) is 12.8 Å². The van der Waals surface area contributed by atoms with E-state index in [0.29, 0.717) is 0 Å². The van der Waals surface area contributed by atoms with Crippen LogP contribution in [0.1, 0.15) is 24.0 Å². The summed E-state index contributed by atoms with van der Waals surface area (Å²) in [5, 5.41) is 0. The Bertz CT molecular complexity index is 583. The molecule has 20 heavy (non-hydrogen) atoms. The summed E-state index contributed by atoms with van der Waals surface area (Å²) in [6, 6.07) is 6.62. The zero-order chi connectivity index (χ0) is 11.7. The van der Waals surface area contributed by atoms with Crippen LogP contribution in [0.5, 0.6) is 0 Å². The van der Waals surface area contributed by atoms with Gasteiger partial charge in [-0.3, -0.25) is 0 Å². The summed E-state index contributed by atoms with van der Waals surface area (Å²) in [6.07, 6.45) is 15.4. The van der Waals surface area contributed by atoms with E-state index in [2.05, 4.69) is 75.1 Å². The van der Waals surface area contributed by atoms with Crippen LogP contribution in [0.3, 0.4) is 0 Å². The molecule has 1 aromatic carbocycles. The van der Waals surface area contributed by atoms with Gasteiger partial charge in [-0.1, -0.05) is 0 Å². The molecule has 0 amide bonds. The van der Waals surface area contributed by atoms with E-state index in [1.54, 1.807) is 0 Å². The normalized spacial score (nSPS) is 14.9. The molecular weight excluding hydrogens is 346 g/mol. The van der Waals surface area contributed by atoms with E-state index >= 15 is 0 Å². The summed E-state index contributed by atoms with van der Waals surface area (Å²) in [6.45, 7) is 0. The Hall–Kier alpha value is -0.236. The van der Waals surface area contributed by atoms with Crippen molar-refractivity contribution in [1.82, 2.24) is 0 Å². The van der Waals surface area contributed by atoms with Crippen LogP contribution < -0.4 is 41.1 Å². The number of rotatable bonds is 2. The van der Waals surface area contributed by atoms with Crippen LogP contribution in [0.4, 0.5) is 0 Å². The number of hydrogen-bond donors (Lipinski definition) is 0. The van der Waals surface area contributed by atoms with Crippen LogP contribution in [-0.2, 0) is 20.4 Å². The van der Waals surface area contributed by atoms with Crippen molar-refractivity contribution in [3.8, 4) is 0 Å². The van der Waals surface area contributed by atoms with Crippen molar-refractivity contribution in [3.63, 3.8) is 0 Å². The monoisotopic (exact) mass is 358 g/mol. The van der Waals surface area contributed by atoms with E-state index in [4.69, 9.17) is 0 Å². The van der Waals surface area contributed by atoms with Crippen molar-refractivity contribution in [2.75, 3.05) is 0 Å². The van der Waals surface area contributed by atoms with Gasteiger partial charge in [-0.05, 0) is 0 Å². The van der Waals surface area contributed by atoms with Gasteiger partial charge >= 0.3 is 114 Å². The zero-order valence-electron chi connectivity index (χ0n) is 10.7. The number of halogens is 3. The third-order valence-electron chi connectivity index (χ3n) is 3.27. The van der Waals surface area contributed by atoms with Crippen molar-refractivity contribution in [2.24, 2.45) is 0 Å². The van der Waals surface area contributed by atoms with Crippen molar-refractivity contribution < 1.29 is 57.7 Å². The average Bonchev–Trinajstić information content (AvgIpc) is 3.02. The van der Waals surface area contributed by atoms with Gasteiger partial charge in [-0.15, -0.1) is 0 Å². The van der Waals surface area contributed by atoms with Crippen molar-refractivity contribution in [2.45, 2.75) is 12.8 Å². The Morgan fingerprint density at radius 2 is 1.40 bits per heavy atom. The SMILES string of the molecule is [Cl-].[Cl-].[Cl-].[Ti+3][c]1cccc(C2=CC=CC2)c1C1=CC=CC1. The molecule has 0 saturated heterocycles. The van der Waals surface area contributed by atoms with Gasteiger partial charge in [0.1, 0.15) is 0 Å². The molecule has 0 radical (unpaired) electrons. The molecule has 0 saturated carbocycles. The average molecular weight is 360 g/mol. The number of allylic oxidation sites excluding steroid dienone is 8. The van der Waals surface area contributed by atoms with Gasteiger partial charge in [0.05, 0.1) is 0 Å². The van der Waals surface area contributed by atoms with Gasteiger partial charge in [-0.2, -0.15) is 0 Å². The molecular formula is C16H13Cl3Ti. The standard InChI is InChI=1S/C16H13.3ClH.Ti/c1-2-8-13(7-1)15-11-5-6-12-16(15)14-9-3-4-10-14;;;;/h1-7,9,11H,8,10H2;3*1H;/q;;;;+3/p-3. The molecule has 0 aliphatic heterocycles. The van der Waals surface area contributed by atoms with Crippen LogP contribution in [0.25, 0.3) is 11.1 Å². The summed E-state index contributed by atoms with van der Waals surface area (Å²) in [4.78, 5) is 0. The molecule has 102 valence electrons. The minimum atomic E-state index is 0. The first-order valence-electron chi connectivity index (χ1n) is 5.93. The molecule has 0 nitrogen and oxygen atoms in total. The molecule has 0 N–H and O–H groups in total. The molecule has 4 heteroatoms. The molecule has 0 spiro atoms. The summed E-state index contributed by atoms with van der Waals surface area (Å²) < 4.78 is 1.38. The molecule has 2 aliphatic rings. The van der Waals surface area contributed by atoms with E-state index in [1.807, 2.05) is 0 Å². The summed E-state index contributed by atoms with van der Waals surface area (Å²) in [5.74, 6) is 0. The summed E-state index contributed by atoms with van der Waals surface area (Å²) >= 11 is 2.21. The van der Waals surface area contributed by atoms with Gasteiger partial charge in [0.15, 0.2) is 0 Å². The molecule has 2 aliphatic carbocycles. The fourth-order valence-corrected chi connectivity index (χ4v) is 3.06. The molecule has 0 heterocycles. The van der Waals surface area contributed by atoms with E-state index in [1.165, 1.54) is 26.1 Å². The molecule has 0 atom stereocenters. The summed E-state index contributed by atoms with van der Waals surface area (Å²) in [7, 11) is 0. The maximum atomic E-state index is 2.25. The van der Waals surface area contributed by atoms with E-state index in [-0.39, 0.29) is 37.2 Å². The molecule has 0 fully saturated rings. The number of hydrogen-bond acceptors (Lipinski definition) is 0. The molecule has 3 rings (SSSR count). The second-order valence-electron chi connectivity index (χ2n) is 4.38. The third-order valence-corrected chi connectivity index (χ3v) is 3.92. The van der Waals surface area contributed by atoms with Gasteiger partial charge in [0, 0.05) is 0 Å². The van der Waals surface area contributed by atoms with E-state index in [9.17, 15) is 0 Å². The third kappa shape index (κ3) is 3.90. The first-order chi connectivity index (χ1) is 8.36. The van der Waals surface area contributed by atoms with Crippen molar-refractivity contribution in [1.29, 1.82) is 0 Å². The Balaban J connectivity index is 0.00000120. The van der Waals surface area contributed by atoms with Crippen LogP contribution in [0, 0.1) is 0 Å². The Morgan fingerprint density at radius 3 is 1.95 bits per heavy atom. The predicted octanol–water partition coefficient (Wildman–Crippen LogP) is -5.44. The van der Waals surface area contributed by atoms with Crippen LogP contribution in [0.15, 0.2) is 54.7 Å². The maximum absolute atomic E-state index is 2.25. The van der Waals surface area contributed by atoms with Gasteiger partial charge in [0.2, 0.25) is 0 Å². The fraction of sp³-hybridized carbons (Fsp3) is 0.125.